The summed E-state index contributed by atoms with van der Waals surface area (Å²) in [5.41, 5.74) is 6.29. The van der Waals surface area contributed by atoms with Crippen molar-refractivity contribution in [3.63, 3.8) is 0 Å². The van der Waals surface area contributed by atoms with Crippen molar-refractivity contribution in [2.24, 2.45) is 0 Å². The van der Waals surface area contributed by atoms with Crippen LogP contribution in [0, 0.1) is 0 Å². The molecule has 0 radical (unpaired) electrons. The highest BCUT2D eigenvalue weighted by molar-refractivity contribution is 7.12. The summed E-state index contributed by atoms with van der Waals surface area (Å²) >= 11 is 1.35. The third kappa shape index (κ3) is 3.41. The van der Waals surface area contributed by atoms with Crippen LogP contribution in [0.25, 0.3) is 0 Å². The Bertz CT molecular complexity index is 489. The van der Waals surface area contributed by atoms with Crippen molar-refractivity contribution < 1.29 is 14.3 Å². The van der Waals surface area contributed by atoms with Crippen molar-refractivity contribution in [1.82, 2.24) is 10.2 Å². The molecule has 1 aliphatic rings. The smallest absolute Gasteiger partial charge is 0.407 e. The van der Waals surface area contributed by atoms with E-state index < -0.39 is 6.09 Å². The lowest BCUT2D eigenvalue weighted by Gasteiger charge is -2.32. The lowest BCUT2D eigenvalue weighted by molar-refractivity contribution is 0.0692. The molecule has 1 saturated heterocycles. The molecule has 7 heteroatoms. The Kier molecular flexibility index (Phi) is 4.84. The molecule has 1 unspecified atom stereocenters. The molecule has 110 valence electrons. The number of carbonyl (C=O) groups is 2. The summed E-state index contributed by atoms with van der Waals surface area (Å²) in [6.45, 7) is 3.29. The van der Waals surface area contributed by atoms with E-state index in [0.29, 0.717) is 30.3 Å². The van der Waals surface area contributed by atoms with Crippen molar-refractivity contribution in [3.8, 4) is 0 Å². The Balaban J connectivity index is 1.95. The number of amides is 2. The Morgan fingerprint density at radius 1 is 1.60 bits per heavy atom. The van der Waals surface area contributed by atoms with Crippen LogP contribution < -0.4 is 11.1 Å². The second kappa shape index (κ2) is 6.60. The number of alkyl carbamates (subject to hydrolysis) is 1. The Morgan fingerprint density at radius 3 is 3.05 bits per heavy atom. The molecular formula is C13H19N3O3S. The van der Waals surface area contributed by atoms with Gasteiger partial charge in [-0.1, -0.05) is 0 Å². The highest BCUT2D eigenvalue weighted by Crippen LogP contribution is 2.22. The standard InChI is InChI=1S/C13H19N3O3S/c1-2-19-13(18)15-9-4-3-6-16(8-9)12(17)11-10(14)5-7-20-11/h5,7,9H,2-4,6,8,14H2,1H3,(H,15,18). The third-order valence-corrected chi connectivity index (χ3v) is 4.11. The molecule has 1 aromatic heterocycles. The van der Waals surface area contributed by atoms with Crippen LogP contribution in [-0.2, 0) is 4.74 Å². The third-order valence-electron chi connectivity index (χ3n) is 3.20. The molecule has 2 amide bonds. The molecule has 0 aliphatic carbocycles. The van der Waals surface area contributed by atoms with Gasteiger partial charge in [-0.2, -0.15) is 0 Å². The van der Waals surface area contributed by atoms with E-state index in [4.69, 9.17) is 10.5 Å². The first-order valence-corrected chi connectivity index (χ1v) is 7.55. The average Bonchev–Trinajstić information content (AvgIpc) is 2.84. The Labute approximate surface area is 121 Å². The fourth-order valence-corrected chi connectivity index (χ4v) is 3.04. The molecule has 3 N–H and O–H groups in total. The molecule has 6 nitrogen and oxygen atoms in total. The van der Waals surface area contributed by atoms with Gasteiger partial charge in [0.05, 0.1) is 12.3 Å². The number of ether oxygens (including phenoxy) is 1. The summed E-state index contributed by atoms with van der Waals surface area (Å²) in [4.78, 5) is 26.1. The van der Waals surface area contributed by atoms with E-state index in [-0.39, 0.29) is 11.9 Å². The first-order valence-electron chi connectivity index (χ1n) is 6.67. The minimum Gasteiger partial charge on any atom is -0.450 e. The molecule has 1 aromatic rings. The molecule has 1 fully saturated rings. The van der Waals surface area contributed by atoms with Crippen molar-refractivity contribution >= 4 is 29.0 Å². The lowest BCUT2D eigenvalue weighted by atomic mass is 10.1. The van der Waals surface area contributed by atoms with Crippen molar-refractivity contribution in [2.45, 2.75) is 25.8 Å². The monoisotopic (exact) mass is 297 g/mol. The number of nitrogen functional groups attached to an aromatic ring is 1. The minimum atomic E-state index is -0.428. The molecule has 1 aliphatic heterocycles. The number of piperidine rings is 1. The molecular weight excluding hydrogens is 278 g/mol. The topological polar surface area (TPSA) is 84.7 Å². The van der Waals surface area contributed by atoms with Gasteiger partial charge in [-0.15, -0.1) is 11.3 Å². The number of anilines is 1. The summed E-state index contributed by atoms with van der Waals surface area (Å²) in [5.74, 6) is -0.0622. The average molecular weight is 297 g/mol. The number of nitrogens with two attached hydrogens (primary N) is 1. The lowest BCUT2D eigenvalue weighted by Crippen LogP contribution is -2.49. The maximum absolute atomic E-state index is 12.4. The van der Waals surface area contributed by atoms with Gasteiger partial charge in [0.2, 0.25) is 0 Å². The molecule has 0 spiro atoms. The molecule has 20 heavy (non-hydrogen) atoms. The number of hydrogen-bond donors (Lipinski definition) is 2. The summed E-state index contributed by atoms with van der Waals surface area (Å²) in [6.07, 6.45) is 1.28. The number of nitrogens with zero attached hydrogens (tertiary/aromatic N) is 1. The van der Waals surface area contributed by atoms with Gasteiger partial charge in [-0.05, 0) is 31.2 Å². The van der Waals surface area contributed by atoms with E-state index in [0.717, 1.165) is 12.8 Å². The molecule has 2 heterocycles. The highest BCUT2D eigenvalue weighted by atomic mass is 32.1. The number of likely N-dealkylation sites (tertiary alicyclic amines) is 1. The van der Waals surface area contributed by atoms with Gasteiger partial charge in [0.1, 0.15) is 4.88 Å². The zero-order valence-electron chi connectivity index (χ0n) is 11.4. The van der Waals surface area contributed by atoms with E-state index in [1.807, 2.05) is 0 Å². The van der Waals surface area contributed by atoms with Crippen LogP contribution in [0.2, 0.25) is 0 Å². The molecule has 2 rings (SSSR count). The van der Waals surface area contributed by atoms with Gasteiger partial charge < -0.3 is 20.7 Å². The number of thiophene rings is 1. The first-order chi connectivity index (χ1) is 9.61. The summed E-state index contributed by atoms with van der Waals surface area (Å²) in [6, 6.07) is 1.67. The molecule has 0 aromatic carbocycles. The normalized spacial score (nSPS) is 18.6. The number of carbonyl (C=O) groups excluding carboxylic acids is 2. The van der Waals surface area contributed by atoms with Crippen LogP contribution in [0.3, 0.4) is 0 Å². The van der Waals surface area contributed by atoms with Crippen molar-refractivity contribution in [2.75, 3.05) is 25.4 Å². The first kappa shape index (κ1) is 14.6. The van der Waals surface area contributed by atoms with E-state index in [2.05, 4.69) is 5.32 Å². The fraction of sp³-hybridized carbons (Fsp3) is 0.538. The zero-order chi connectivity index (χ0) is 14.5. The van der Waals surface area contributed by atoms with Gasteiger partial charge in [-0.3, -0.25) is 4.79 Å². The van der Waals surface area contributed by atoms with Crippen LogP contribution in [0.1, 0.15) is 29.4 Å². The fourth-order valence-electron chi connectivity index (χ4n) is 2.26. The molecule has 0 bridgehead atoms. The van der Waals surface area contributed by atoms with Crippen molar-refractivity contribution in [3.05, 3.63) is 16.3 Å². The van der Waals surface area contributed by atoms with Crippen LogP contribution >= 0.6 is 11.3 Å². The largest absolute Gasteiger partial charge is 0.450 e. The summed E-state index contributed by atoms with van der Waals surface area (Å²) in [7, 11) is 0. The number of nitrogens with one attached hydrogen (secondary N) is 1. The minimum absolute atomic E-state index is 0.0621. The summed E-state index contributed by atoms with van der Waals surface area (Å²) in [5, 5.41) is 4.59. The van der Waals surface area contributed by atoms with Crippen LogP contribution in [0.5, 0.6) is 0 Å². The maximum Gasteiger partial charge on any atom is 0.407 e. The SMILES string of the molecule is CCOC(=O)NC1CCCN(C(=O)c2sccc2N)C1. The van der Waals surface area contributed by atoms with E-state index in [1.165, 1.54) is 11.3 Å². The van der Waals surface area contributed by atoms with Gasteiger partial charge in [0.25, 0.3) is 5.91 Å². The molecule has 1 atom stereocenters. The number of rotatable bonds is 3. The van der Waals surface area contributed by atoms with Gasteiger partial charge in [0.15, 0.2) is 0 Å². The highest BCUT2D eigenvalue weighted by Gasteiger charge is 2.27. The van der Waals surface area contributed by atoms with Crippen LogP contribution in [-0.4, -0.2) is 42.6 Å². The number of hydrogen-bond acceptors (Lipinski definition) is 5. The second-order valence-electron chi connectivity index (χ2n) is 4.66. The zero-order valence-corrected chi connectivity index (χ0v) is 12.2. The maximum atomic E-state index is 12.4. The van der Waals surface area contributed by atoms with Crippen LogP contribution in [0.4, 0.5) is 10.5 Å². The van der Waals surface area contributed by atoms with Crippen LogP contribution in [0.15, 0.2) is 11.4 Å². The quantitative estimate of drug-likeness (QED) is 0.889. The van der Waals surface area contributed by atoms with Gasteiger partial charge in [0, 0.05) is 19.1 Å². The van der Waals surface area contributed by atoms with Gasteiger partial charge in [-0.25, -0.2) is 4.79 Å². The second-order valence-corrected chi connectivity index (χ2v) is 5.58. The Morgan fingerprint density at radius 2 is 2.40 bits per heavy atom. The predicted octanol–water partition coefficient (Wildman–Crippen LogP) is 1.68. The van der Waals surface area contributed by atoms with E-state index in [9.17, 15) is 9.59 Å². The van der Waals surface area contributed by atoms with E-state index >= 15 is 0 Å². The van der Waals surface area contributed by atoms with Gasteiger partial charge >= 0.3 is 6.09 Å². The Hall–Kier alpha value is -1.76. The predicted molar refractivity (Wildman–Crippen MR) is 77.8 cm³/mol. The van der Waals surface area contributed by atoms with Crippen molar-refractivity contribution in [1.29, 1.82) is 0 Å². The molecule has 0 saturated carbocycles. The van der Waals surface area contributed by atoms with E-state index in [1.54, 1.807) is 23.3 Å². The summed E-state index contributed by atoms with van der Waals surface area (Å²) < 4.78 is 4.86.